The molecule has 1 aromatic carbocycles. The van der Waals surface area contributed by atoms with Crippen molar-refractivity contribution in [3.63, 3.8) is 0 Å². The highest BCUT2D eigenvalue weighted by Crippen LogP contribution is 2.25. The number of piperidine rings is 1. The topological polar surface area (TPSA) is 82.6 Å². The summed E-state index contributed by atoms with van der Waals surface area (Å²) in [4.78, 5) is 16.8. The second-order valence-electron chi connectivity index (χ2n) is 8.59. The Morgan fingerprint density at radius 1 is 0.871 bits per heavy atom. The Kier molecular flexibility index (Phi) is 5.88. The van der Waals surface area contributed by atoms with E-state index in [2.05, 4.69) is 54.9 Å². The Hall–Kier alpha value is -2.87. The van der Waals surface area contributed by atoms with Gasteiger partial charge in [0.15, 0.2) is 11.6 Å². The molecule has 2 saturated heterocycles. The Labute approximate surface area is 183 Å². The number of aromatic nitrogens is 2. The summed E-state index contributed by atoms with van der Waals surface area (Å²) in [6.07, 6.45) is 4.02. The van der Waals surface area contributed by atoms with Gasteiger partial charge >= 0.3 is 0 Å². The highest BCUT2D eigenvalue weighted by atomic mass is 16.5. The van der Waals surface area contributed by atoms with E-state index in [-0.39, 0.29) is 11.8 Å². The molecule has 3 fully saturated rings. The monoisotopic (exact) mass is 422 g/mol. The minimum atomic E-state index is 0.131. The summed E-state index contributed by atoms with van der Waals surface area (Å²) < 4.78 is 5.42. The van der Waals surface area contributed by atoms with E-state index >= 15 is 0 Å². The minimum absolute atomic E-state index is 0.131. The van der Waals surface area contributed by atoms with E-state index in [1.807, 2.05) is 12.1 Å². The third-order valence-electron chi connectivity index (χ3n) is 6.28. The van der Waals surface area contributed by atoms with Gasteiger partial charge in [-0.25, -0.2) is 0 Å². The first kappa shape index (κ1) is 20.1. The van der Waals surface area contributed by atoms with Gasteiger partial charge in [0.2, 0.25) is 5.91 Å². The van der Waals surface area contributed by atoms with E-state index in [0.29, 0.717) is 6.04 Å². The second-order valence-corrected chi connectivity index (χ2v) is 8.59. The zero-order chi connectivity index (χ0) is 21.0. The summed E-state index contributed by atoms with van der Waals surface area (Å²) in [5.74, 6) is 1.95. The van der Waals surface area contributed by atoms with Gasteiger partial charge in [-0.3, -0.25) is 4.79 Å². The molecule has 0 atom stereocenters. The van der Waals surface area contributed by atoms with E-state index in [0.717, 1.165) is 82.4 Å². The van der Waals surface area contributed by atoms with Crippen molar-refractivity contribution in [1.82, 2.24) is 15.5 Å². The molecule has 1 aliphatic carbocycles. The molecule has 0 radical (unpaired) electrons. The predicted octanol–water partition coefficient (Wildman–Crippen LogP) is 2.55. The highest BCUT2D eigenvalue weighted by molar-refractivity contribution is 5.79. The number of anilines is 4. The molecule has 0 unspecified atom stereocenters. The number of hydrogen-bond acceptors (Lipinski definition) is 7. The summed E-state index contributed by atoms with van der Waals surface area (Å²) in [6, 6.07) is 12.8. The number of amides is 1. The Morgan fingerprint density at radius 3 is 2.26 bits per heavy atom. The molecule has 2 aliphatic heterocycles. The minimum Gasteiger partial charge on any atom is -0.378 e. The molecule has 3 aliphatic rings. The Bertz CT molecular complexity index is 870. The largest absolute Gasteiger partial charge is 0.378 e. The van der Waals surface area contributed by atoms with Crippen LogP contribution in [0.2, 0.25) is 0 Å². The van der Waals surface area contributed by atoms with Gasteiger partial charge < -0.3 is 25.2 Å². The fourth-order valence-corrected chi connectivity index (χ4v) is 4.20. The van der Waals surface area contributed by atoms with Crippen LogP contribution in [0, 0.1) is 5.92 Å². The average molecular weight is 423 g/mol. The van der Waals surface area contributed by atoms with Gasteiger partial charge in [-0.2, -0.15) is 0 Å². The third-order valence-corrected chi connectivity index (χ3v) is 6.28. The Balaban J connectivity index is 1.13. The molecule has 8 heteroatoms. The van der Waals surface area contributed by atoms with Crippen LogP contribution in [-0.4, -0.2) is 61.5 Å². The number of benzene rings is 1. The van der Waals surface area contributed by atoms with Crippen molar-refractivity contribution < 1.29 is 9.53 Å². The van der Waals surface area contributed by atoms with E-state index in [1.165, 1.54) is 5.69 Å². The molecule has 31 heavy (non-hydrogen) atoms. The summed E-state index contributed by atoms with van der Waals surface area (Å²) in [5, 5.41) is 15.2. The SMILES string of the molecule is O=C(NC1CC1)C1CCN(c2ccc(Nc3ccc(N4CCOCC4)cc3)nn2)CC1. The van der Waals surface area contributed by atoms with E-state index < -0.39 is 0 Å². The van der Waals surface area contributed by atoms with Crippen molar-refractivity contribution in [2.75, 3.05) is 54.5 Å². The number of nitrogens with one attached hydrogen (secondary N) is 2. The lowest BCUT2D eigenvalue weighted by Crippen LogP contribution is -2.41. The number of carbonyl (C=O) groups is 1. The number of ether oxygens (including phenoxy) is 1. The quantitative estimate of drug-likeness (QED) is 0.740. The van der Waals surface area contributed by atoms with Gasteiger partial charge in [-0.05, 0) is 62.1 Å². The van der Waals surface area contributed by atoms with Crippen molar-refractivity contribution in [1.29, 1.82) is 0 Å². The number of rotatable bonds is 6. The van der Waals surface area contributed by atoms with Crippen LogP contribution < -0.4 is 20.4 Å². The second kappa shape index (κ2) is 9.09. The summed E-state index contributed by atoms with van der Waals surface area (Å²) in [7, 11) is 0. The predicted molar refractivity (Wildman–Crippen MR) is 121 cm³/mol. The lowest BCUT2D eigenvalue weighted by Gasteiger charge is -2.31. The van der Waals surface area contributed by atoms with Gasteiger partial charge in [-0.1, -0.05) is 0 Å². The first-order chi connectivity index (χ1) is 15.2. The highest BCUT2D eigenvalue weighted by Gasteiger charge is 2.30. The molecule has 1 saturated carbocycles. The number of morpholine rings is 1. The lowest BCUT2D eigenvalue weighted by molar-refractivity contribution is -0.125. The standard InChI is InChI=1S/C23H30N6O2/c30-23(25-19-1-2-19)17-9-11-29(12-10-17)22-8-7-21(26-27-22)24-18-3-5-20(6-4-18)28-13-15-31-16-14-28/h3-8,17,19H,1-2,9-16H2,(H,24,26)(H,25,30). The molecule has 2 aromatic rings. The first-order valence-electron chi connectivity index (χ1n) is 11.3. The molecule has 1 amide bonds. The maximum absolute atomic E-state index is 12.2. The van der Waals surface area contributed by atoms with Crippen LogP contribution in [0.1, 0.15) is 25.7 Å². The van der Waals surface area contributed by atoms with Crippen LogP contribution in [0.4, 0.5) is 23.0 Å². The molecule has 0 bridgehead atoms. The van der Waals surface area contributed by atoms with E-state index in [1.54, 1.807) is 0 Å². The number of nitrogens with zero attached hydrogens (tertiary/aromatic N) is 4. The van der Waals surface area contributed by atoms with Crippen LogP contribution in [0.15, 0.2) is 36.4 Å². The maximum Gasteiger partial charge on any atom is 0.223 e. The van der Waals surface area contributed by atoms with Crippen LogP contribution in [-0.2, 0) is 9.53 Å². The zero-order valence-corrected chi connectivity index (χ0v) is 17.8. The van der Waals surface area contributed by atoms with Gasteiger partial charge in [0, 0.05) is 49.5 Å². The van der Waals surface area contributed by atoms with Crippen molar-refractivity contribution in [2.24, 2.45) is 5.92 Å². The maximum atomic E-state index is 12.2. The molecule has 3 heterocycles. The van der Waals surface area contributed by atoms with Crippen molar-refractivity contribution in [3.05, 3.63) is 36.4 Å². The van der Waals surface area contributed by atoms with Gasteiger partial charge in [0.05, 0.1) is 13.2 Å². The van der Waals surface area contributed by atoms with Crippen LogP contribution in [0.5, 0.6) is 0 Å². The molecule has 164 valence electrons. The summed E-state index contributed by atoms with van der Waals surface area (Å²) in [6.45, 7) is 5.12. The van der Waals surface area contributed by atoms with Gasteiger partial charge in [-0.15, -0.1) is 10.2 Å². The van der Waals surface area contributed by atoms with Crippen molar-refractivity contribution in [3.8, 4) is 0 Å². The van der Waals surface area contributed by atoms with Crippen molar-refractivity contribution in [2.45, 2.75) is 31.7 Å². The average Bonchev–Trinajstić information content (AvgIpc) is 3.65. The molecular weight excluding hydrogens is 392 g/mol. The van der Waals surface area contributed by atoms with Crippen LogP contribution in [0.25, 0.3) is 0 Å². The van der Waals surface area contributed by atoms with Gasteiger partial charge in [0.1, 0.15) is 0 Å². The number of carbonyl (C=O) groups excluding carboxylic acids is 1. The molecule has 8 nitrogen and oxygen atoms in total. The van der Waals surface area contributed by atoms with Crippen molar-refractivity contribution >= 4 is 28.9 Å². The third kappa shape index (κ3) is 5.07. The fourth-order valence-electron chi connectivity index (χ4n) is 4.20. The van der Waals surface area contributed by atoms with Crippen LogP contribution >= 0.6 is 0 Å². The molecule has 5 rings (SSSR count). The normalized spacial score (nSPS) is 19.9. The molecular formula is C23H30N6O2. The molecule has 0 spiro atoms. The van der Waals surface area contributed by atoms with E-state index in [9.17, 15) is 4.79 Å². The summed E-state index contributed by atoms with van der Waals surface area (Å²) in [5.41, 5.74) is 2.20. The summed E-state index contributed by atoms with van der Waals surface area (Å²) >= 11 is 0. The number of hydrogen-bond donors (Lipinski definition) is 2. The van der Waals surface area contributed by atoms with E-state index in [4.69, 9.17) is 4.74 Å². The Morgan fingerprint density at radius 2 is 1.61 bits per heavy atom. The first-order valence-corrected chi connectivity index (χ1v) is 11.3. The molecule has 2 N–H and O–H groups in total. The fraction of sp³-hybridized carbons (Fsp3) is 0.522. The lowest BCUT2D eigenvalue weighted by atomic mass is 9.96. The smallest absolute Gasteiger partial charge is 0.223 e. The zero-order valence-electron chi connectivity index (χ0n) is 17.8. The van der Waals surface area contributed by atoms with Crippen LogP contribution in [0.3, 0.4) is 0 Å². The van der Waals surface area contributed by atoms with Gasteiger partial charge in [0.25, 0.3) is 0 Å². The molecule has 1 aromatic heterocycles.